The number of fused-ring (bicyclic) bond motifs is 9. The van der Waals surface area contributed by atoms with Gasteiger partial charge in [0, 0.05) is 43.6 Å². The highest BCUT2D eigenvalue weighted by Gasteiger charge is 2.21. The van der Waals surface area contributed by atoms with E-state index in [1.165, 1.54) is 32.6 Å². The molecule has 55 heavy (non-hydrogen) atoms. The van der Waals surface area contributed by atoms with Gasteiger partial charge < -0.3 is 13.7 Å². The van der Waals surface area contributed by atoms with Crippen LogP contribution in [0.25, 0.3) is 93.6 Å². The van der Waals surface area contributed by atoms with Gasteiger partial charge in [-0.2, -0.15) is 10.5 Å². The maximum atomic E-state index is 10.8. The lowest BCUT2D eigenvalue weighted by Gasteiger charge is -2.14. The SMILES string of the molecule is N#Cc1c(-c2ccc(-n3c4ccccc4c4c(-n5c6ccccc6c6ccccc65)cccc43)cc2)cccc1-n1c2ccccc2c2c(C#N)cccc21. The largest absolute Gasteiger partial charge is 0.309 e. The minimum absolute atomic E-state index is 0.577. The van der Waals surface area contributed by atoms with Crippen molar-refractivity contribution < 1.29 is 0 Å². The molecule has 3 aromatic heterocycles. The molecule has 5 nitrogen and oxygen atoms in total. The summed E-state index contributed by atoms with van der Waals surface area (Å²) in [5, 5.41) is 27.5. The number of rotatable bonds is 4. The fraction of sp³-hybridized carbons (Fsp3) is 0. The van der Waals surface area contributed by atoms with E-state index >= 15 is 0 Å². The summed E-state index contributed by atoms with van der Waals surface area (Å²) in [6.07, 6.45) is 0. The molecule has 0 amide bonds. The summed E-state index contributed by atoms with van der Waals surface area (Å²) in [5.41, 5.74) is 12.4. The van der Waals surface area contributed by atoms with Crippen LogP contribution < -0.4 is 0 Å². The lowest BCUT2D eigenvalue weighted by molar-refractivity contribution is 1.16. The van der Waals surface area contributed by atoms with Gasteiger partial charge in [-0.1, -0.05) is 109 Å². The van der Waals surface area contributed by atoms with Crippen molar-refractivity contribution in [2.75, 3.05) is 0 Å². The number of aromatic nitrogens is 3. The van der Waals surface area contributed by atoms with Crippen molar-refractivity contribution in [2.45, 2.75) is 0 Å². The second kappa shape index (κ2) is 11.8. The average Bonchev–Trinajstić information content (AvgIpc) is 3.89. The number of hydrogen-bond donors (Lipinski definition) is 0. The van der Waals surface area contributed by atoms with E-state index in [2.05, 4.69) is 147 Å². The molecule has 0 aliphatic heterocycles. The maximum absolute atomic E-state index is 10.8. The van der Waals surface area contributed by atoms with Crippen molar-refractivity contribution in [2.24, 2.45) is 0 Å². The van der Waals surface area contributed by atoms with Crippen molar-refractivity contribution in [3.05, 3.63) is 187 Å². The molecule has 0 aliphatic carbocycles. The predicted molar refractivity (Wildman–Crippen MR) is 224 cm³/mol. The Kier molecular flexibility index (Phi) is 6.61. The second-order valence-electron chi connectivity index (χ2n) is 13.9. The van der Waals surface area contributed by atoms with Gasteiger partial charge in [0.25, 0.3) is 0 Å². The van der Waals surface area contributed by atoms with Crippen molar-refractivity contribution in [1.82, 2.24) is 13.7 Å². The Balaban J connectivity index is 1.09. The highest BCUT2D eigenvalue weighted by molar-refractivity contribution is 6.16. The van der Waals surface area contributed by atoms with Crippen LogP contribution in [0.1, 0.15) is 11.1 Å². The highest BCUT2D eigenvalue weighted by Crippen LogP contribution is 2.41. The quantitative estimate of drug-likeness (QED) is 0.184. The van der Waals surface area contributed by atoms with Gasteiger partial charge in [0.1, 0.15) is 6.07 Å². The number of para-hydroxylation sites is 4. The van der Waals surface area contributed by atoms with Crippen LogP contribution in [0.15, 0.2) is 176 Å². The molecule has 254 valence electrons. The summed E-state index contributed by atoms with van der Waals surface area (Å²) in [4.78, 5) is 0. The number of nitrogens with zero attached hydrogens (tertiary/aromatic N) is 5. The normalized spacial score (nSPS) is 11.6. The molecule has 5 heteroatoms. The molecule has 11 aromatic rings. The van der Waals surface area contributed by atoms with E-state index < -0.39 is 0 Å². The first-order valence-corrected chi connectivity index (χ1v) is 18.3. The van der Waals surface area contributed by atoms with Gasteiger partial charge in [-0.25, -0.2) is 0 Å². The monoisotopic (exact) mass is 699 g/mol. The summed E-state index contributed by atoms with van der Waals surface area (Å²) < 4.78 is 6.87. The van der Waals surface area contributed by atoms with Crippen molar-refractivity contribution in [1.29, 1.82) is 10.5 Å². The van der Waals surface area contributed by atoms with E-state index in [0.717, 1.165) is 61.0 Å². The van der Waals surface area contributed by atoms with Gasteiger partial charge in [0.05, 0.1) is 61.7 Å². The second-order valence-corrected chi connectivity index (χ2v) is 13.9. The summed E-state index contributed by atoms with van der Waals surface area (Å²) >= 11 is 0. The fourth-order valence-corrected chi connectivity index (χ4v) is 8.89. The zero-order valence-electron chi connectivity index (χ0n) is 29.5. The molecule has 0 bridgehead atoms. The summed E-state index contributed by atoms with van der Waals surface area (Å²) in [7, 11) is 0. The Morgan fingerprint density at radius 3 is 1.45 bits per heavy atom. The molecule has 0 unspecified atom stereocenters. The van der Waals surface area contributed by atoms with Gasteiger partial charge >= 0.3 is 0 Å². The molecule has 0 N–H and O–H groups in total. The molecule has 8 aromatic carbocycles. The first kappa shape index (κ1) is 30.7. The van der Waals surface area contributed by atoms with Crippen molar-refractivity contribution in [3.8, 4) is 40.3 Å². The van der Waals surface area contributed by atoms with E-state index in [1.54, 1.807) is 0 Å². The average molecular weight is 700 g/mol. The van der Waals surface area contributed by atoms with Crippen LogP contribution in [0, 0.1) is 22.7 Å². The molecule has 0 saturated heterocycles. The van der Waals surface area contributed by atoms with Crippen molar-refractivity contribution in [3.63, 3.8) is 0 Å². The van der Waals surface area contributed by atoms with E-state index in [-0.39, 0.29) is 0 Å². The van der Waals surface area contributed by atoms with E-state index in [4.69, 9.17) is 0 Å². The molecule has 0 fully saturated rings. The van der Waals surface area contributed by atoms with Crippen LogP contribution in [-0.4, -0.2) is 13.7 Å². The minimum Gasteiger partial charge on any atom is -0.309 e. The lowest BCUT2D eigenvalue weighted by Crippen LogP contribution is -2.00. The van der Waals surface area contributed by atoms with Crippen LogP contribution in [-0.2, 0) is 0 Å². The zero-order valence-corrected chi connectivity index (χ0v) is 29.5. The van der Waals surface area contributed by atoms with E-state index in [1.807, 2.05) is 54.6 Å². The van der Waals surface area contributed by atoms with Crippen LogP contribution >= 0.6 is 0 Å². The molecule has 0 atom stereocenters. The maximum Gasteiger partial charge on any atom is 0.102 e. The number of benzene rings is 8. The van der Waals surface area contributed by atoms with Crippen LogP contribution in [0.2, 0.25) is 0 Å². The molecule has 0 saturated carbocycles. The van der Waals surface area contributed by atoms with Crippen LogP contribution in [0.4, 0.5) is 0 Å². The molecule has 0 radical (unpaired) electrons. The molecule has 3 heterocycles. The molecule has 0 aliphatic rings. The van der Waals surface area contributed by atoms with Crippen molar-refractivity contribution >= 4 is 65.4 Å². The summed E-state index contributed by atoms with van der Waals surface area (Å²) in [6.45, 7) is 0. The Bertz CT molecular complexity index is 3400. The van der Waals surface area contributed by atoms with Crippen LogP contribution in [0.5, 0.6) is 0 Å². The Morgan fingerprint density at radius 2 is 0.818 bits per heavy atom. The Morgan fingerprint density at radius 1 is 0.345 bits per heavy atom. The van der Waals surface area contributed by atoms with Gasteiger partial charge in [-0.3, -0.25) is 0 Å². The zero-order chi connectivity index (χ0) is 36.6. The first-order valence-electron chi connectivity index (χ1n) is 18.3. The molecule has 0 spiro atoms. The van der Waals surface area contributed by atoms with Gasteiger partial charge in [-0.05, 0) is 72.3 Å². The molecule has 11 rings (SSSR count). The highest BCUT2D eigenvalue weighted by atomic mass is 15.0. The minimum atomic E-state index is 0.577. The summed E-state index contributed by atoms with van der Waals surface area (Å²) in [5.74, 6) is 0. The smallest absolute Gasteiger partial charge is 0.102 e. The van der Waals surface area contributed by atoms with E-state index in [0.29, 0.717) is 11.1 Å². The Labute approximate surface area is 316 Å². The topological polar surface area (TPSA) is 62.4 Å². The third-order valence-electron chi connectivity index (χ3n) is 11.1. The third kappa shape index (κ3) is 4.33. The number of nitriles is 2. The molecular weight excluding hydrogens is 671 g/mol. The summed E-state index contributed by atoms with van der Waals surface area (Å²) in [6, 6.07) is 65.9. The van der Waals surface area contributed by atoms with E-state index in [9.17, 15) is 10.5 Å². The first-order chi connectivity index (χ1) is 27.2. The predicted octanol–water partition coefficient (Wildman–Crippen LogP) is 12.4. The standard InChI is InChI=1S/C50H29N5/c51-30-33-12-9-23-46-49(33)38-15-3-8-21-44(38)55(46)45-22-10-17-35(40(45)31-52)32-26-28-34(29-27-32)53-43-20-7-4-16-39(43)50-47(53)24-11-25-48(50)54-41-18-5-1-13-36(41)37-14-2-6-19-42(37)54/h1-29H. The third-order valence-corrected chi connectivity index (χ3v) is 11.1. The molecular formula is C50H29N5. The van der Waals surface area contributed by atoms with Gasteiger partial charge in [-0.15, -0.1) is 0 Å². The fourth-order valence-electron chi connectivity index (χ4n) is 8.89. The number of hydrogen-bond acceptors (Lipinski definition) is 2. The lowest BCUT2D eigenvalue weighted by atomic mass is 9.98. The van der Waals surface area contributed by atoms with Gasteiger partial charge in [0.2, 0.25) is 0 Å². The van der Waals surface area contributed by atoms with Gasteiger partial charge in [0.15, 0.2) is 0 Å². The Hall–Kier alpha value is -7.86. The van der Waals surface area contributed by atoms with Crippen LogP contribution in [0.3, 0.4) is 0 Å².